The molecular formula is C29H38N4O6. The normalized spacial score (nSPS) is 14.9. The Morgan fingerprint density at radius 3 is 2.28 bits per heavy atom. The Morgan fingerprint density at radius 1 is 1.03 bits per heavy atom. The number of carbonyl (C=O) groups is 4. The number of hydrogen-bond donors (Lipinski definition) is 1. The van der Waals surface area contributed by atoms with Crippen LogP contribution in [-0.2, 0) is 25.5 Å². The van der Waals surface area contributed by atoms with Crippen LogP contribution < -0.4 is 10.2 Å². The summed E-state index contributed by atoms with van der Waals surface area (Å²) >= 11 is 0. The van der Waals surface area contributed by atoms with E-state index in [-0.39, 0.29) is 25.6 Å². The molecule has 3 amide bonds. The van der Waals surface area contributed by atoms with E-state index in [4.69, 9.17) is 9.47 Å². The number of nitrogens with one attached hydrogen (secondary N) is 1. The third-order valence-electron chi connectivity index (χ3n) is 6.12. The zero-order chi connectivity index (χ0) is 28.9. The topological polar surface area (TPSA) is 108 Å². The minimum atomic E-state index is -0.976. The number of amides is 3. The number of fused-ring (bicyclic) bond motifs is 1. The smallest absolute Gasteiger partial charge is 0.410 e. The van der Waals surface area contributed by atoms with Gasteiger partial charge in [0.15, 0.2) is 0 Å². The molecule has 1 atom stereocenters. The van der Waals surface area contributed by atoms with E-state index in [1.54, 1.807) is 80.9 Å². The van der Waals surface area contributed by atoms with Gasteiger partial charge in [-0.25, -0.2) is 9.59 Å². The van der Waals surface area contributed by atoms with Gasteiger partial charge in [0.05, 0.1) is 18.7 Å². The summed E-state index contributed by atoms with van der Waals surface area (Å²) in [5, 5.41) is 2.86. The second-order valence-electron chi connectivity index (χ2n) is 10.6. The Kier molecular flexibility index (Phi) is 9.34. The van der Waals surface area contributed by atoms with Gasteiger partial charge in [0.25, 0.3) is 5.91 Å². The fraction of sp³-hybridized carbons (Fsp3) is 0.448. The second-order valence-corrected chi connectivity index (χ2v) is 10.6. The molecule has 0 aromatic heterocycles. The van der Waals surface area contributed by atoms with E-state index in [1.165, 1.54) is 4.90 Å². The van der Waals surface area contributed by atoms with Crippen molar-refractivity contribution in [2.24, 2.45) is 0 Å². The first kappa shape index (κ1) is 29.6. The molecule has 210 valence electrons. The van der Waals surface area contributed by atoms with Crippen LogP contribution >= 0.6 is 0 Å². The molecule has 0 aliphatic carbocycles. The molecule has 0 radical (unpaired) electrons. The second kappa shape index (κ2) is 12.3. The van der Waals surface area contributed by atoms with Gasteiger partial charge in [-0.05, 0) is 89.7 Å². The number of rotatable bonds is 7. The quantitative estimate of drug-likeness (QED) is 0.533. The number of hydrogen-bond acceptors (Lipinski definition) is 7. The molecule has 39 heavy (non-hydrogen) atoms. The molecule has 10 heteroatoms. The highest BCUT2D eigenvalue weighted by molar-refractivity contribution is 6.00. The van der Waals surface area contributed by atoms with E-state index in [2.05, 4.69) is 5.32 Å². The van der Waals surface area contributed by atoms with Crippen LogP contribution in [-0.4, -0.2) is 80.1 Å². The highest BCUT2D eigenvalue weighted by Crippen LogP contribution is 2.36. The minimum Gasteiger partial charge on any atom is -0.456 e. The highest BCUT2D eigenvalue weighted by atomic mass is 16.6. The van der Waals surface area contributed by atoms with Crippen molar-refractivity contribution in [3.8, 4) is 0 Å². The van der Waals surface area contributed by atoms with E-state index < -0.39 is 29.6 Å². The number of ether oxygens (including phenoxy) is 2. The molecule has 0 saturated heterocycles. The summed E-state index contributed by atoms with van der Waals surface area (Å²) in [4.78, 5) is 56.5. The maximum absolute atomic E-state index is 13.7. The predicted octanol–water partition coefficient (Wildman–Crippen LogP) is 3.86. The third kappa shape index (κ3) is 7.35. The number of esters is 1. The van der Waals surface area contributed by atoms with Crippen molar-refractivity contribution in [2.75, 3.05) is 51.1 Å². The standard InChI is InChI=1S/C29H38N4O6/c1-8-38-28(37)33-17-16-21-22(10-9-11-23(21)32(7)24(34)18-31(5)6)25(33)26(35)30-20-14-12-19(13-15-20)27(36)39-29(2,3)4/h9-15,25H,8,16-18H2,1-7H3,(H,30,35). The Labute approximate surface area is 229 Å². The molecule has 1 N–H and O–H groups in total. The van der Waals surface area contributed by atoms with Gasteiger partial charge in [0.1, 0.15) is 11.6 Å². The largest absolute Gasteiger partial charge is 0.456 e. The van der Waals surface area contributed by atoms with Crippen molar-refractivity contribution >= 4 is 35.3 Å². The Hall–Kier alpha value is -3.92. The predicted molar refractivity (Wildman–Crippen MR) is 149 cm³/mol. The zero-order valence-electron chi connectivity index (χ0n) is 23.7. The van der Waals surface area contributed by atoms with Crippen LogP contribution in [0, 0.1) is 0 Å². The van der Waals surface area contributed by atoms with Gasteiger partial charge in [-0.2, -0.15) is 0 Å². The van der Waals surface area contributed by atoms with Gasteiger partial charge in [-0.3, -0.25) is 14.5 Å². The van der Waals surface area contributed by atoms with Gasteiger partial charge in [0, 0.05) is 25.0 Å². The first-order valence-electron chi connectivity index (χ1n) is 12.9. The SMILES string of the molecule is CCOC(=O)N1CCc2c(cccc2N(C)C(=O)CN(C)C)C1C(=O)Nc1ccc(C(=O)OC(C)(C)C)cc1. The Bertz CT molecular complexity index is 1220. The van der Waals surface area contributed by atoms with Crippen LogP contribution in [0.15, 0.2) is 42.5 Å². The lowest BCUT2D eigenvalue weighted by atomic mass is 9.90. The molecule has 0 fully saturated rings. The van der Waals surface area contributed by atoms with Crippen molar-refractivity contribution in [3.63, 3.8) is 0 Å². The summed E-state index contributed by atoms with van der Waals surface area (Å²) in [5.74, 6) is -0.990. The van der Waals surface area contributed by atoms with Gasteiger partial charge < -0.3 is 24.6 Å². The number of nitrogens with zero attached hydrogens (tertiary/aromatic N) is 3. The van der Waals surface area contributed by atoms with Crippen LogP contribution in [0.3, 0.4) is 0 Å². The number of anilines is 2. The van der Waals surface area contributed by atoms with Crippen molar-refractivity contribution in [3.05, 3.63) is 59.2 Å². The fourth-order valence-electron chi connectivity index (χ4n) is 4.40. The lowest BCUT2D eigenvalue weighted by Crippen LogP contribution is -2.46. The van der Waals surface area contributed by atoms with E-state index in [1.807, 2.05) is 20.2 Å². The first-order valence-corrected chi connectivity index (χ1v) is 12.9. The Morgan fingerprint density at radius 2 is 1.69 bits per heavy atom. The summed E-state index contributed by atoms with van der Waals surface area (Å²) in [6.07, 6.45) is -0.135. The van der Waals surface area contributed by atoms with Gasteiger partial charge in [-0.1, -0.05) is 12.1 Å². The average Bonchev–Trinajstić information content (AvgIpc) is 2.86. The molecule has 1 aliphatic heterocycles. The van der Waals surface area contributed by atoms with Crippen LogP contribution in [0.1, 0.15) is 55.2 Å². The molecule has 0 saturated carbocycles. The number of benzene rings is 2. The van der Waals surface area contributed by atoms with Crippen LogP contribution in [0.25, 0.3) is 0 Å². The van der Waals surface area contributed by atoms with Crippen molar-refractivity contribution in [1.29, 1.82) is 0 Å². The maximum Gasteiger partial charge on any atom is 0.410 e. The lowest BCUT2D eigenvalue weighted by Gasteiger charge is -2.37. The summed E-state index contributed by atoms with van der Waals surface area (Å²) in [5.41, 5.74) is 2.33. The highest BCUT2D eigenvalue weighted by Gasteiger charge is 2.38. The van der Waals surface area contributed by atoms with Gasteiger partial charge in [-0.15, -0.1) is 0 Å². The molecule has 1 unspecified atom stereocenters. The molecule has 1 heterocycles. The number of carbonyl (C=O) groups excluding carboxylic acids is 4. The molecule has 0 spiro atoms. The lowest BCUT2D eigenvalue weighted by molar-refractivity contribution is -0.121. The van der Waals surface area contributed by atoms with Gasteiger partial charge in [0.2, 0.25) is 5.91 Å². The average molecular weight is 539 g/mol. The van der Waals surface area contributed by atoms with E-state index in [0.29, 0.717) is 28.9 Å². The number of likely N-dealkylation sites (N-methyl/N-ethyl adjacent to an activating group) is 2. The first-order chi connectivity index (χ1) is 18.3. The molecule has 10 nitrogen and oxygen atoms in total. The van der Waals surface area contributed by atoms with Crippen molar-refractivity contribution in [1.82, 2.24) is 9.80 Å². The molecular weight excluding hydrogens is 500 g/mol. The van der Waals surface area contributed by atoms with Crippen molar-refractivity contribution in [2.45, 2.75) is 45.8 Å². The molecule has 2 aromatic carbocycles. The van der Waals surface area contributed by atoms with Crippen LogP contribution in [0.4, 0.5) is 16.2 Å². The molecule has 2 aromatic rings. The van der Waals surface area contributed by atoms with E-state index in [0.717, 1.165) is 5.56 Å². The van der Waals surface area contributed by atoms with E-state index >= 15 is 0 Å². The molecule has 0 bridgehead atoms. The maximum atomic E-state index is 13.7. The zero-order valence-corrected chi connectivity index (χ0v) is 23.7. The third-order valence-corrected chi connectivity index (χ3v) is 6.12. The van der Waals surface area contributed by atoms with E-state index in [9.17, 15) is 19.2 Å². The van der Waals surface area contributed by atoms with Gasteiger partial charge >= 0.3 is 12.1 Å². The summed E-state index contributed by atoms with van der Waals surface area (Å²) < 4.78 is 10.6. The summed E-state index contributed by atoms with van der Waals surface area (Å²) in [6, 6.07) is 10.8. The fourth-order valence-corrected chi connectivity index (χ4v) is 4.40. The summed E-state index contributed by atoms with van der Waals surface area (Å²) in [7, 11) is 5.36. The monoisotopic (exact) mass is 538 g/mol. The van der Waals surface area contributed by atoms with Crippen molar-refractivity contribution < 1.29 is 28.7 Å². The Balaban J connectivity index is 1.92. The van der Waals surface area contributed by atoms with Crippen LogP contribution in [0.2, 0.25) is 0 Å². The minimum absolute atomic E-state index is 0.0905. The molecule has 1 aliphatic rings. The van der Waals surface area contributed by atoms with Crippen LogP contribution in [0.5, 0.6) is 0 Å². The summed E-state index contributed by atoms with van der Waals surface area (Å²) in [6.45, 7) is 7.73. The molecule has 3 rings (SSSR count).